The SMILES string of the molecule is COc1ccc(-c2nc3ccccc3c(C(=O)Nc3ccc(C)c(Cl)c3)c2C)cc1. The van der Waals surface area contributed by atoms with E-state index in [2.05, 4.69) is 5.32 Å². The molecule has 1 aromatic heterocycles. The molecule has 4 rings (SSSR count). The van der Waals surface area contributed by atoms with Crippen LogP contribution in [0.15, 0.2) is 66.7 Å². The number of halogens is 1. The molecule has 5 heteroatoms. The van der Waals surface area contributed by atoms with Gasteiger partial charge in [0.1, 0.15) is 5.75 Å². The number of hydrogen-bond donors (Lipinski definition) is 1. The lowest BCUT2D eigenvalue weighted by atomic mass is 9.97. The van der Waals surface area contributed by atoms with Crippen LogP contribution in [0.4, 0.5) is 5.69 Å². The molecule has 0 radical (unpaired) electrons. The largest absolute Gasteiger partial charge is 0.497 e. The summed E-state index contributed by atoms with van der Waals surface area (Å²) in [7, 11) is 1.63. The van der Waals surface area contributed by atoms with Gasteiger partial charge in [-0.1, -0.05) is 35.9 Å². The van der Waals surface area contributed by atoms with Crippen LogP contribution in [0.25, 0.3) is 22.2 Å². The van der Waals surface area contributed by atoms with Crippen LogP contribution in [-0.2, 0) is 0 Å². The zero-order valence-corrected chi connectivity index (χ0v) is 17.7. The molecule has 30 heavy (non-hydrogen) atoms. The molecule has 0 saturated heterocycles. The number of fused-ring (bicyclic) bond motifs is 1. The minimum absolute atomic E-state index is 0.194. The summed E-state index contributed by atoms with van der Waals surface area (Å²) in [6, 6.07) is 20.8. The normalized spacial score (nSPS) is 10.8. The molecule has 1 N–H and O–H groups in total. The summed E-state index contributed by atoms with van der Waals surface area (Å²) in [4.78, 5) is 18.2. The standard InChI is InChI=1S/C25H21ClN2O2/c1-15-8-11-18(14-21(15)26)27-25(29)23-16(2)24(17-9-12-19(30-3)13-10-17)28-22-7-5-4-6-20(22)23/h4-14H,1-3H3,(H,27,29). The zero-order chi connectivity index (χ0) is 21.3. The highest BCUT2D eigenvalue weighted by Crippen LogP contribution is 2.31. The molecule has 0 aliphatic rings. The van der Waals surface area contributed by atoms with Crippen molar-refractivity contribution < 1.29 is 9.53 Å². The van der Waals surface area contributed by atoms with Crippen LogP contribution in [0.2, 0.25) is 5.02 Å². The Labute approximate surface area is 180 Å². The van der Waals surface area contributed by atoms with Crippen molar-refractivity contribution in [2.45, 2.75) is 13.8 Å². The number of hydrogen-bond acceptors (Lipinski definition) is 3. The molecule has 4 nitrogen and oxygen atoms in total. The zero-order valence-electron chi connectivity index (χ0n) is 17.0. The summed E-state index contributed by atoms with van der Waals surface area (Å²) < 4.78 is 5.26. The van der Waals surface area contributed by atoms with Gasteiger partial charge in [0.15, 0.2) is 0 Å². The van der Waals surface area contributed by atoms with Crippen molar-refractivity contribution in [3.8, 4) is 17.0 Å². The molecule has 0 bridgehead atoms. The average Bonchev–Trinajstić information content (AvgIpc) is 2.76. The van der Waals surface area contributed by atoms with E-state index in [9.17, 15) is 4.79 Å². The molecule has 0 fully saturated rings. The number of methoxy groups -OCH3 is 1. The topological polar surface area (TPSA) is 51.2 Å². The number of carbonyl (C=O) groups excluding carboxylic acids is 1. The third kappa shape index (κ3) is 3.74. The van der Waals surface area contributed by atoms with E-state index >= 15 is 0 Å². The van der Waals surface area contributed by atoms with Gasteiger partial charge in [-0.2, -0.15) is 0 Å². The van der Waals surface area contributed by atoms with Crippen LogP contribution in [0.3, 0.4) is 0 Å². The molecule has 3 aromatic carbocycles. The second-order valence-corrected chi connectivity index (χ2v) is 7.53. The van der Waals surface area contributed by atoms with Crippen LogP contribution in [0.1, 0.15) is 21.5 Å². The highest BCUT2D eigenvalue weighted by Gasteiger charge is 2.19. The predicted octanol–water partition coefficient (Wildman–Crippen LogP) is 6.43. The summed E-state index contributed by atoms with van der Waals surface area (Å²) in [6.07, 6.45) is 0. The fraction of sp³-hybridized carbons (Fsp3) is 0.120. The second-order valence-electron chi connectivity index (χ2n) is 7.12. The number of nitrogens with one attached hydrogen (secondary N) is 1. The van der Waals surface area contributed by atoms with Crippen molar-refractivity contribution in [3.05, 3.63) is 88.4 Å². The number of ether oxygens (including phenoxy) is 1. The number of nitrogens with zero attached hydrogens (tertiary/aromatic N) is 1. The number of para-hydroxylation sites is 1. The van der Waals surface area contributed by atoms with Crippen molar-refractivity contribution in [1.29, 1.82) is 0 Å². The fourth-order valence-corrected chi connectivity index (χ4v) is 3.67. The quantitative estimate of drug-likeness (QED) is 0.417. The molecular formula is C25H21ClN2O2. The molecule has 4 aromatic rings. The molecule has 0 atom stereocenters. The molecule has 1 heterocycles. The number of anilines is 1. The summed E-state index contributed by atoms with van der Waals surface area (Å²) >= 11 is 6.23. The van der Waals surface area contributed by atoms with E-state index in [-0.39, 0.29) is 5.91 Å². The maximum absolute atomic E-state index is 13.3. The van der Waals surface area contributed by atoms with Crippen LogP contribution in [-0.4, -0.2) is 18.0 Å². The fourth-order valence-electron chi connectivity index (χ4n) is 3.49. The lowest BCUT2D eigenvalue weighted by Gasteiger charge is -2.15. The Morgan fingerprint density at radius 3 is 2.43 bits per heavy atom. The second kappa shape index (κ2) is 8.17. The molecule has 0 unspecified atom stereocenters. The van der Waals surface area contributed by atoms with Crippen molar-refractivity contribution in [2.75, 3.05) is 12.4 Å². The lowest BCUT2D eigenvalue weighted by molar-refractivity contribution is 0.102. The van der Waals surface area contributed by atoms with Gasteiger partial charge >= 0.3 is 0 Å². The summed E-state index contributed by atoms with van der Waals surface area (Å²) in [5, 5.41) is 4.41. The number of aryl methyl sites for hydroxylation is 1. The third-order valence-corrected chi connectivity index (χ3v) is 5.56. The summed E-state index contributed by atoms with van der Waals surface area (Å²) in [6.45, 7) is 3.85. The molecule has 0 aliphatic carbocycles. The van der Waals surface area contributed by atoms with E-state index in [1.807, 2.05) is 74.5 Å². The first-order chi connectivity index (χ1) is 14.5. The van der Waals surface area contributed by atoms with Crippen LogP contribution in [0.5, 0.6) is 5.75 Å². The van der Waals surface area contributed by atoms with Gasteiger partial charge < -0.3 is 10.1 Å². The highest BCUT2D eigenvalue weighted by atomic mass is 35.5. The smallest absolute Gasteiger partial charge is 0.256 e. The van der Waals surface area contributed by atoms with Crippen molar-refractivity contribution in [1.82, 2.24) is 4.98 Å². The Balaban J connectivity index is 1.83. The Morgan fingerprint density at radius 1 is 1.00 bits per heavy atom. The van der Waals surface area contributed by atoms with Gasteiger partial charge in [-0.15, -0.1) is 0 Å². The van der Waals surface area contributed by atoms with Crippen molar-refractivity contribution in [3.63, 3.8) is 0 Å². The molecule has 0 saturated carbocycles. The molecule has 0 spiro atoms. The Hall–Kier alpha value is -3.37. The van der Waals surface area contributed by atoms with Gasteiger partial charge in [0.2, 0.25) is 0 Å². The van der Waals surface area contributed by atoms with E-state index in [0.29, 0.717) is 16.3 Å². The van der Waals surface area contributed by atoms with E-state index in [4.69, 9.17) is 21.3 Å². The van der Waals surface area contributed by atoms with Gasteiger partial charge in [0.05, 0.1) is 23.9 Å². The number of aromatic nitrogens is 1. The van der Waals surface area contributed by atoms with Gasteiger partial charge in [-0.3, -0.25) is 4.79 Å². The summed E-state index contributed by atoms with van der Waals surface area (Å²) in [5.41, 5.74) is 5.48. The van der Waals surface area contributed by atoms with Crippen molar-refractivity contribution in [2.24, 2.45) is 0 Å². The Bertz CT molecular complexity index is 1250. The predicted molar refractivity (Wildman–Crippen MR) is 123 cm³/mol. The van der Waals surface area contributed by atoms with Crippen LogP contribution >= 0.6 is 11.6 Å². The first kappa shape index (κ1) is 19.9. The highest BCUT2D eigenvalue weighted by molar-refractivity contribution is 6.31. The molecular weight excluding hydrogens is 396 g/mol. The van der Waals surface area contributed by atoms with Gasteiger partial charge in [0, 0.05) is 21.7 Å². The van der Waals surface area contributed by atoms with Gasteiger partial charge in [-0.05, 0) is 67.4 Å². The Kier molecular flexibility index (Phi) is 5.42. The average molecular weight is 417 g/mol. The Morgan fingerprint density at radius 2 is 1.73 bits per heavy atom. The number of rotatable bonds is 4. The third-order valence-electron chi connectivity index (χ3n) is 5.16. The monoisotopic (exact) mass is 416 g/mol. The first-order valence-corrected chi connectivity index (χ1v) is 9.97. The maximum Gasteiger partial charge on any atom is 0.256 e. The number of pyridine rings is 1. The van der Waals surface area contributed by atoms with Gasteiger partial charge in [-0.25, -0.2) is 4.98 Å². The molecule has 1 amide bonds. The minimum Gasteiger partial charge on any atom is -0.497 e. The van der Waals surface area contributed by atoms with Crippen LogP contribution in [0, 0.1) is 13.8 Å². The number of carbonyl (C=O) groups is 1. The minimum atomic E-state index is -0.194. The van der Waals surface area contributed by atoms with E-state index < -0.39 is 0 Å². The van der Waals surface area contributed by atoms with E-state index in [0.717, 1.165) is 39.0 Å². The molecule has 150 valence electrons. The van der Waals surface area contributed by atoms with Crippen LogP contribution < -0.4 is 10.1 Å². The van der Waals surface area contributed by atoms with Gasteiger partial charge in [0.25, 0.3) is 5.91 Å². The molecule has 0 aliphatic heterocycles. The van der Waals surface area contributed by atoms with E-state index in [1.165, 1.54) is 0 Å². The number of benzene rings is 3. The van der Waals surface area contributed by atoms with Crippen molar-refractivity contribution >= 4 is 34.1 Å². The first-order valence-electron chi connectivity index (χ1n) is 9.59. The lowest BCUT2D eigenvalue weighted by Crippen LogP contribution is -2.15. The summed E-state index contributed by atoms with van der Waals surface area (Å²) in [5.74, 6) is 0.576. The van der Waals surface area contributed by atoms with E-state index in [1.54, 1.807) is 13.2 Å². The maximum atomic E-state index is 13.3. The number of amides is 1.